The number of likely N-dealkylation sites (N-methyl/N-ethyl adjacent to an activating group) is 1. The molecule has 13 rings (SSSR count). The molecule has 2 unspecified atom stereocenters. The van der Waals surface area contributed by atoms with Crippen molar-refractivity contribution in [3.05, 3.63) is 181 Å². The zero-order valence-electron chi connectivity index (χ0n) is 28.9. The lowest BCUT2D eigenvalue weighted by Gasteiger charge is -2.43. The maximum atomic E-state index is 6.90. The minimum absolute atomic E-state index is 0.0867. The molecule has 0 aliphatic carbocycles. The standard InChI is InChI=1S/C48H31N4O/c1-49-40(36-24-23-34(32-15-4-5-16-33(32)36)31-18-10-13-29-12-2-3-14-30(29)31)28-50-39-20-11-21-41-44(39)48(47(49)50)45-42(53-41)26-25-37-35-17-6-7-19-38(35)52(46(37)45)43-22-8-9-27-51(43)48/h2-28,47H,1H3/q+1. The van der Waals surface area contributed by atoms with Crippen LogP contribution >= 0.6 is 0 Å². The lowest BCUT2D eigenvalue weighted by molar-refractivity contribution is -0.743. The lowest BCUT2D eigenvalue weighted by Crippen LogP contribution is -2.70. The van der Waals surface area contributed by atoms with E-state index in [1.807, 2.05) is 0 Å². The molecule has 2 aromatic heterocycles. The predicted octanol–water partition coefficient (Wildman–Crippen LogP) is 10.3. The summed E-state index contributed by atoms with van der Waals surface area (Å²) in [6, 6.07) is 55.4. The van der Waals surface area contributed by atoms with Gasteiger partial charge in [0.1, 0.15) is 17.0 Å². The number of nitrogens with zero attached hydrogens (tertiary/aromatic N) is 4. The van der Waals surface area contributed by atoms with E-state index in [0.717, 1.165) is 17.3 Å². The van der Waals surface area contributed by atoms with Gasteiger partial charge in [-0.05, 0) is 75.1 Å². The van der Waals surface area contributed by atoms with E-state index in [2.05, 4.69) is 190 Å². The van der Waals surface area contributed by atoms with Crippen LogP contribution in [0.2, 0.25) is 0 Å². The third-order valence-corrected chi connectivity index (χ3v) is 12.4. The van der Waals surface area contributed by atoms with Crippen molar-refractivity contribution < 1.29 is 9.30 Å². The van der Waals surface area contributed by atoms with Gasteiger partial charge >= 0.3 is 0 Å². The summed E-state index contributed by atoms with van der Waals surface area (Å²) in [5.41, 5.74) is 10.4. The molecule has 1 spiro atoms. The number of pyridine rings is 1. The quantitative estimate of drug-likeness (QED) is 0.170. The number of hydrogen-bond acceptors (Lipinski definition) is 3. The highest BCUT2D eigenvalue weighted by Crippen LogP contribution is 2.63. The third-order valence-electron chi connectivity index (χ3n) is 12.4. The SMILES string of the molecule is CN1C(c2ccc(-c3cccc4ccccc34)c3ccccc23)=CN2c3cccc4c3C3(c5c(ccc6c7ccccc7n(c56)-c5cccc[n+]53)O4)C12. The van der Waals surface area contributed by atoms with Crippen molar-refractivity contribution in [1.82, 2.24) is 9.47 Å². The van der Waals surface area contributed by atoms with E-state index >= 15 is 0 Å². The Morgan fingerprint density at radius 1 is 0.566 bits per heavy atom. The van der Waals surface area contributed by atoms with E-state index in [0.29, 0.717) is 0 Å². The Hall–Kier alpha value is -6.85. The van der Waals surface area contributed by atoms with Crippen molar-refractivity contribution in [3.8, 4) is 28.4 Å². The van der Waals surface area contributed by atoms with Crippen LogP contribution in [0.3, 0.4) is 0 Å². The molecular weight excluding hydrogens is 649 g/mol. The first-order chi connectivity index (χ1) is 26.2. The minimum atomic E-state index is -0.592. The Morgan fingerprint density at radius 3 is 2.17 bits per heavy atom. The van der Waals surface area contributed by atoms with Crippen molar-refractivity contribution in [1.29, 1.82) is 0 Å². The summed E-state index contributed by atoms with van der Waals surface area (Å²) < 4.78 is 11.9. The number of fused-ring (bicyclic) bond motifs is 9. The molecule has 0 saturated carbocycles. The van der Waals surface area contributed by atoms with Gasteiger partial charge in [-0.2, -0.15) is 4.57 Å². The van der Waals surface area contributed by atoms with E-state index in [1.54, 1.807) is 0 Å². The molecule has 0 bridgehead atoms. The van der Waals surface area contributed by atoms with Crippen molar-refractivity contribution >= 4 is 54.7 Å². The molecule has 0 fully saturated rings. The first kappa shape index (κ1) is 27.8. The van der Waals surface area contributed by atoms with Crippen LogP contribution in [-0.2, 0) is 5.54 Å². The van der Waals surface area contributed by atoms with Gasteiger partial charge < -0.3 is 14.5 Å². The topological polar surface area (TPSA) is 24.5 Å². The second-order valence-corrected chi connectivity index (χ2v) is 14.8. The summed E-state index contributed by atoms with van der Waals surface area (Å²) >= 11 is 0. The van der Waals surface area contributed by atoms with Crippen molar-refractivity contribution in [2.45, 2.75) is 11.7 Å². The number of ether oxygens (including phenoxy) is 1. The Kier molecular flexibility index (Phi) is 5.00. The fraction of sp³-hybridized carbons (Fsp3) is 0.0625. The lowest BCUT2D eigenvalue weighted by atomic mass is 9.76. The van der Waals surface area contributed by atoms with Crippen LogP contribution < -0.4 is 14.2 Å². The highest BCUT2D eigenvalue weighted by molar-refractivity contribution is 6.12. The second kappa shape index (κ2) is 9.52. The third kappa shape index (κ3) is 3.16. The van der Waals surface area contributed by atoms with E-state index in [4.69, 9.17) is 4.74 Å². The summed E-state index contributed by atoms with van der Waals surface area (Å²) in [5.74, 6) is 2.99. The fourth-order valence-corrected chi connectivity index (χ4v) is 10.5. The molecule has 0 N–H and O–H groups in total. The van der Waals surface area contributed by atoms with Gasteiger partial charge in [0.15, 0.2) is 11.7 Å². The molecule has 53 heavy (non-hydrogen) atoms. The van der Waals surface area contributed by atoms with Crippen LogP contribution in [0.25, 0.3) is 66.0 Å². The van der Waals surface area contributed by atoms with E-state index in [-0.39, 0.29) is 6.17 Å². The summed E-state index contributed by atoms with van der Waals surface area (Å²) in [6.45, 7) is 0. The van der Waals surface area contributed by atoms with E-state index in [1.165, 1.54) is 82.6 Å². The summed E-state index contributed by atoms with van der Waals surface area (Å²) in [4.78, 5) is 5.04. The average molecular weight is 680 g/mol. The number of aromatic nitrogens is 2. The normalized spacial score (nSPS) is 18.7. The van der Waals surface area contributed by atoms with Crippen LogP contribution in [0, 0.1) is 0 Å². The Balaban J connectivity index is 1.09. The molecule has 0 saturated heterocycles. The van der Waals surface area contributed by atoms with Crippen molar-refractivity contribution in [3.63, 3.8) is 0 Å². The zero-order chi connectivity index (χ0) is 34.6. The van der Waals surface area contributed by atoms with Gasteiger partial charge in [0.05, 0.1) is 28.7 Å². The Bertz CT molecular complexity index is 3150. The van der Waals surface area contributed by atoms with Gasteiger partial charge in [0.2, 0.25) is 5.54 Å². The van der Waals surface area contributed by atoms with Crippen molar-refractivity contribution in [2.75, 3.05) is 11.9 Å². The van der Waals surface area contributed by atoms with E-state index < -0.39 is 5.54 Å². The number of para-hydroxylation sites is 1. The van der Waals surface area contributed by atoms with Gasteiger partial charge in [-0.25, -0.2) is 4.57 Å². The molecular formula is C48H31N4O+. The molecule has 5 nitrogen and oxygen atoms in total. The molecule has 4 aliphatic heterocycles. The van der Waals surface area contributed by atoms with Gasteiger partial charge in [-0.15, -0.1) is 0 Å². The molecule has 4 aliphatic rings. The number of anilines is 1. The van der Waals surface area contributed by atoms with Gasteiger partial charge in [0, 0.05) is 35.6 Å². The molecule has 7 aromatic carbocycles. The number of hydrogen-bond donors (Lipinski definition) is 0. The largest absolute Gasteiger partial charge is 0.456 e. The highest BCUT2D eigenvalue weighted by atomic mass is 16.5. The first-order valence-electron chi connectivity index (χ1n) is 18.4. The highest BCUT2D eigenvalue weighted by Gasteiger charge is 2.68. The molecule has 0 amide bonds. The molecule has 6 heterocycles. The van der Waals surface area contributed by atoms with E-state index in [9.17, 15) is 0 Å². The molecule has 5 heteroatoms. The molecule has 248 valence electrons. The van der Waals surface area contributed by atoms with Crippen LogP contribution in [0.5, 0.6) is 11.5 Å². The maximum absolute atomic E-state index is 6.90. The van der Waals surface area contributed by atoms with Gasteiger partial charge in [0.25, 0.3) is 5.82 Å². The second-order valence-electron chi connectivity index (χ2n) is 14.8. The van der Waals surface area contributed by atoms with Crippen LogP contribution in [0.4, 0.5) is 5.69 Å². The van der Waals surface area contributed by atoms with Crippen molar-refractivity contribution in [2.24, 2.45) is 0 Å². The van der Waals surface area contributed by atoms with Crippen LogP contribution in [-0.4, -0.2) is 22.7 Å². The Labute approximate surface area is 305 Å². The molecule has 9 aromatic rings. The van der Waals surface area contributed by atoms with Crippen LogP contribution in [0.15, 0.2) is 164 Å². The number of rotatable bonds is 2. The van der Waals surface area contributed by atoms with Crippen LogP contribution in [0.1, 0.15) is 16.7 Å². The summed E-state index contributed by atoms with van der Waals surface area (Å²) in [6.07, 6.45) is 4.58. The number of benzene rings is 7. The summed E-state index contributed by atoms with van der Waals surface area (Å²) in [5, 5.41) is 7.53. The zero-order valence-corrected chi connectivity index (χ0v) is 28.9. The first-order valence-corrected chi connectivity index (χ1v) is 18.4. The smallest absolute Gasteiger partial charge is 0.288 e. The average Bonchev–Trinajstić information content (AvgIpc) is 3.84. The van der Waals surface area contributed by atoms with Gasteiger partial charge in [-0.3, -0.25) is 0 Å². The minimum Gasteiger partial charge on any atom is -0.456 e. The fourth-order valence-electron chi connectivity index (χ4n) is 10.5. The Morgan fingerprint density at radius 2 is 1.26 bits per heavy atom. The maximum Gasteiger partial charge on any atom is 0.288 e. The van der Waals surface area contributed by atoms with Gasteiger partial charge in [-0.1, -0.05) is 103 Å². The monoisotopic (exact) mass is 679 g/mol. The molecule has 2 atom stereocenters. The molecule has 0 radical (unpaired) electrons. The predicted molar refractivity (Wildman–Crippen MR) is 213 cm³/mol. The summed E-state index contributed by atoms with van der Waals surface area (Å²) in [7, 11) is 2.28.